The van der Waals surface area contributed by atoms with E-state index in [-0.39, 0.29) is 0 Å². The molecule has 2 aromatic rings. The number of benzene rings is 1. The molecule has 2 heterocycles. The van der Waals surface area contributed by atoms with Crippen LogP contribution in [-0.2, 0) is 0 Å². The molecule has 0 amide bonds. The van der Waals surface area contributed by atoms with Crippen molar-refractivity contribution in [2.24, 2.45) is 0 Å². The van der Waals surface area contributed by atoms with Crippen LogP contribution in [0.25, 0.3) is 10.2 Å². The molecule has 0 atom stereocenters. The zero-order chi connectivity index (χ0) is 10.3. The summed E-state index contributed by atoms with van der Waals surface area (Å²) in [5, 5.41) is 1.18. The molecule has 1 saturated heterocycles. The minimum absolute atomic E-state index is 1.12. The van der Waals surface area contributed by atoms with Gasteiger partial charge in [0.15, 0.2) is 5.13 Å². The van der Waals surface area contributed by atoms with Gasteiger partial charge in [-0.05, 0) is 31.0 Å². The SMILES string of the molecule is Brc1ccc2nc(N3CCCC3)sc2c1. The maximum Gasteiger partial charge on any atom is 0.186 e. The van der Waals surface area contributed by atoms with Crippen molar-refractivity contribution in [3.63, 3.8) is 0 Å². The van der Waals surface area contributed by atoms with E-state index in [1.165, 1.54) is 35.8 Å². The topological polar surface area (TPSA) is 16.1 Å². The van der Waals surface area contributed by atoms with Crippen molar-refractivity contribution in [3.05, 3.63) is 22.7 Å². The number of nitrogens with zero attached hydrogens (tertiary/aromatic N) is 2. The van der Waals surface area contributed by atoms with Crippen LogP contribution in [0, 0.1) is 0 Å². The van der Waals surface area contributed by atoms with Crippen LogP contribution in [0.3, 0.4) is 0 Å². The highest BCUT2D eigenvalue weighted by atomic mass is 79.9. The third-order valence-electron chi connectivity index (χ3n) is 2.72. The second kappa shape index (κ2) is 3.76. The van der Waals surface area contributed by atoms with Crippen molar-refractivity contribution in [1.82, 2.24) is 4.98 Å². The molecule has 1 aliphatic rings. The number of thiazole rings is 1. The highest BCUT2D eigenvalue weighted by molar-refractivity contribution is 9.10. The summed E-state index contributed by atoms with van der Waals surface area (Å²) in [7, 11) is 0. The molecule has 0 aliphatic carbocycles. The minimum Gasteiger partial charge on any atom is -0.348 e. The fraction of sp³-hybridized carbons (Fsp3) is 0.364. The molecule has 1 fully saturated rings. The van der Waals surface area contributed by atoms with E-state index in [4.69, 9.17) is 0 Å². The average molecular weight is 283 g/mol. The van der Waals surface area contributed by atoms with Gasteiger partial charge in [0, 0.05) is 17.6 Å². The van der Waals surface area contributed by atoms with Gasteiger partial charge >= 0.3 is 0 Å². The Labute approximate surface area is 101 Å². The van der Waals surface area contributed by atoms with Gasteiger partial charge in [0.05, 0.1) is 10.2 Å². The molecule has 0 N–H and O–H groups in total. The second-order valence-electron chi connectivity index (χ2n) is 3.80. The molecule has 15 heavy (non-hydrogen) atoms. The Balaban J connectivity index is 2.05. The zero-order valence-corrected chi connectivity index (χ0v) is 10.6. The Kier molecular flexibility index (Phi) is 2.41. The Morgan fingerprint density at radius 2 is 2.07 bits per heavy atom. The molecule has 4 heteroatoms. The van der Waals surface area contributed by atoms with Crippen molar-refractivity contribution >= 4 is 42.6 Å². The van der Waals surface area contributed by atoms with E-state index in [0.717, 1.165) is 9.99 Å². The maximum atomic E-state index is 4.66. The van der Waals surface area contributed by atoms with Crippen molar-refractivity contribution in [3.8, 4) is 0 Å². The van der Waals surface area contributed by atoms with Crippen LogP contribution in [0.2, 0.25) is 0 Å². The number of halogens is 1. The first-order valence-electron chi connectivity index (χ1n) is 5.14. The van der Waals surface area contributed by atoms with Crippen molar-refractivity contribution in [2.75, 3.05) is 18.0 Å². The first kappa shape index (κ1) is 9.60. The molecular weight excluding hydrogens is 272 g/mol. The van der Waals surface area contributed by atoms with Gasteiger partial charge in [0.2, 0.25) is 0 Å². The lowest BCUT2D eigenvalue weighted by Crippen LogP contribution is -2.16. The van der Waals surface area contributed by atoms with Crippen LogP contribution in [-0.4, -0.2) is 18.1 Å². The molecule has 3 rings (SSSR count). The van der Waals surface area contributed by atoms with Crippen molar-refractivity contribution < 1.29 is 0 Å². The summed E-state index contributed by atoms with van der Waals surface area (Å²) >= 11 is 5.28. The highest BCUT2D eigenvalue weighted by Crippen LogP contribution is 2.32. The van der Waals surface area contributed by atoms with E-state index >= 15 is 0 Å². The first-order valence-corrected chi connectivity index (χ1v) is 6.75. The van der Waals surface area contributed by atoms with Gasteiger partial charge in [-0.15, -0.1) is 0 Å². The van der Waals surface area contributed by atoms with Crippen LogP contribution in [0.5, 0.6) is 0 Å². The fourth-order valence-corrected chi connectivity index (χ4v) is 3.50. The van der Waals surface area contributed by atoms with Crippen LogP contribution >= 0.6 is 27.3 Å². The molecule has 0 radical (unpaired) electrons. The Morgan fingerprint density at radius 3 is 2.87 bits per heavy atom. The smallest absolute Gasteiger partial charge is 0.186 e. The summed E-state index contributed by atoms with van der Waals surface area (Å²) in [6, 6.07) is 6.28. The van der Waals surface area contributed by atoms with Gasteiger partial charge in [-0.3, -0.25) is 0 Å². The predicted molar refractivity (Wildman–Crippen MR) is 68.8 cm³/mol. The second-order valence-corrected chi connectivity index (χ2v) is 5.73. The Morgan fingerprint density at radius 1 is 1.27 bits per heavy atom. The van der Waals surface area contributed by atoms with Gasteiger partial charge in [-0.2, -0.15) is 0 Å². The van der Waals surface area contributed by atoms with Gasteiger partial charge in [0.1, 0.15) is 0 Å². The van der Waals surface area contributed by atoms with Gasteiger partial charge in [0.25, 0.3) is 0 Å². The quantitative estimate of drug-likeness (QED) is 0.794. The number of rotatable bonds is 1. The lowest BCUT2D eigenvalue weighted by molar-refractivity contribution is 0.949. The van der Waals surface area contributed by atoms with Crippen LogP contribution in [0.15, 0.2) is 22.7 Å². The minimum atomic E-state index is 1.12. The number of hydrogen-bond acceptors (Lipinski definition) is 3. The number of aromatic nitrogens is 1. The Bertz CT molecular complexity index is 488. The lowest BCUT2D eigenvalue weighted by Gasteiger charge is -2.11. The summed E-state index contributed by atoms with van der Waals surface area (Å²) < 4.78 is 2.40. The summed E-state index contributed by atoms with van der Waals surface area (Å²) in [6.45, 7) is 2.34. The van der Waals surface area contributed by atoms with E-state index in [9.17, 15) is 0 Å². The fourth-order valence-electron chi connectivity index (χ4n) is 1.93. The molecule has 0 unspecified atom stereocenters. The molecule has 1 aliphatic heterocycles. The average Bonchev–Trinajstić information content (AvgIpc) is 2.84. The van der Waals surface area contributed by atoms with Gasteiger partial charge in [-0.25, -0.2) is 4.98 Å². The zero-order valence-electron chi connectivity index (χ0n) is 8.24. The molecule has 78 valence electrons. The largest absolute Gasteiger partial charge is 0.348 e. The van der Waals surface area contributed by atoms with E-state index in [2.05, 4.69) is 44.0 Å². The molecule has 2 nitrogen and oxygen atoms in total. The molecule has 1 aromatic heterocycles. The van der Waals surface area contributed by atoms with E-state index in [1.54, 1.807) is 11.3 Å². The molecule has 0 saturated carbocycles. The highest BCUT2D eigenvalue weighted by Gasteiger charge is 2.16. The monoisotopic (exact) mass is 282 g/mol. The number of hydrogen-bond donors (Lipinski definition) is 0. The molecule has 0 bridgehead atoms. The van der Waals surface area contributed by atoms with Crippen LogP contribution < -0.4 is 4.90 Å². The van der Waals surface area contributed by atoms with Crippen molar-refractivity contribution in [1.29, 1.82) is 0 Å². The number of anilines is 1. The number of fused-ring (bicyclic) bond motifs is 1. The van der Waals surface area contributed by atoms with Crippen molar-refractivity contribution in [2.45, 2.75) is 12.8 Å². The predicted octanol–water partition coefficient (Wildman–Crippen LogP) is 3.66. The normalized spacial score (nSPS) is 16.5. The van der Waals surface area contributed by atoms with E-state index in [1.807, 2.05) is 0 Å². The first-order chi connectivity index (χ1) is 7.33. The summed E-state index contributed by atoms with van der Waals surface area (Å²) in [5.41, 5.74) is 1.12. The lowest BCUT2D eigenvalue weighted by atomic mass is 10.3. The maximum absolute atomic E-state index is 4.66. The molecule has 1 aromatic carbocycles. The molecule has 0 spiro atoms. The van der Waals surface area contributed by atoms with Gasteiger partial charge in [-0.1, -0.05) is 27.3 Å². The standard InChI is InChI=1S/C11H11BrN2S/c12-8-3-4-9-10(7-8)15-11(13-9)14-5-1-2-6-14/h3-4,7H,1-2,5-6H2. The van der Waals surface area contributed by atoms with Crippen LogP contribution in [0.4, 0.5) is 5.13 Å². The van der Waals surface area contributed by atoms with Gasteiger partial charge < -0.3 is 4.90 Å². The van der Waals surface area contributed by atoms with E-state index in [0.29, 0.717) is 0 Å². The summed E-state index contributed by atoms with van der Waals surface area (Å²) in [5.74, 6) is 0. The summed E-state index contributed by atoms with van der Waals surface area (Å²) in [4.78, 5) is 7.05. The van der Waals surface area contributed by atoms with E-state index < -0.39 is 0 Å². The third-order valence-corrected chi connectivity index (χ3v) is 4.29. The van der Waals surface area contributed by atoms with Crippen LogP contribution in [0.1, 0.15) is 12.8 Å². The molecular formula is C11H11BrN2S. The summed E-state index contributed by atoms with van der Waals surface area (Å²) in [6.07, 6.45) is 2.61. The Hall–Kier alpha value is -0.610. The third kappa shape index (κ3) is 1.76.